The summed E-state index contributed by atoms with van der Waals surface area (Å²) in [4.78, 5) is 0. The predicted molar refractivity (Wildman–Crippen MR) is 66.1 cm³/mol. The molecule has 0 amide bonds. The van der Waals surface area contributed by atoms with E-state index in [-0.39, 0.29) is 6.04 Å². The highest BCUT2D eigenvalue weighted by molar-refractivity contribution is 7.80. The van der Waals surface area contributed by atoms with E-state index in [2.05, 4.69) is 17.6 Å². The third-order valence-corrected chi connectivity index (χ3v) is 2.12. The summed E-state index contributed by atoms with van der Waals surface area (Å²) in [6.45, 7) is 6.34. The molecule has 0 rings (SSSR count). The fraction of sp³-hybridized carbons (Fsp3) is 0.900. The molecule has 5 heteroatoms. The summed E-state index contributed by atoms with van der Waals surface area (Å²) in [6.07, 6.45) is 0. The van der Waals surface area contributed by atoms with Gasteiger partial charge in [0.1, 0.15) is 0 Å². The number of thiocarbonyl (C=S) groups is 1. The van der Waals surface area contributed by atoms with Crippen LogP contribution in [0.3, 0.4) is 0 Å². The van der Waals surface area contributed by atoms with Crippen LogP contribution in [0.5, 0.6) is 0 Å². The van der Waals surface area contributed by atoms with Gasteiger partial charge in [-0.25, -0.2) is 0 Å². The molecule has 90 valence electrons. The Labute approximate surface area is 97.7 Å². The largest absolute Gasteiger partial charge is 0.384 e. The zero-order valence-electron chi connectivity index (χ0n) is 10.0. The lowest BCUT2D eigenvalue weighted by Gasteiger charge is -2.18. The topological polar surface area (TPSA) is 42.5 Å². The van der Waals surface area contributed by atoms with Gasteiger partial charge in [0.15, 0.2) is 5.11 Å². The molecule has 2 atom stereocenters. The molecule has 0 aromatic rings. The van der Waals surface area contributed by atoms with Crippen LogP contribution in [0.15, 0.2) is 0 Å². The van der Waals surface area contributed by atoms with Crippen LogP contribution >= 0.6 is 12.2 Å². The molecule has 2 unspecified atom stereocenters. The van der Waals surface area contributed by atoms with E-state index >= 15 is 0 Å². The first kappa shape index (κ1) is 14.6. The monoisotopic (exact) mass is 234 g/mol. The lowest BCUT2D eigenvalue weighted by atomic mass is 10.2. The van der Waals surface area contributed by atoms with Gasteiger partial charge in [-0.15, -0.1) is 0 Å². The van der Waals surface area contributed by atoms with Crippen LogP contribution < -0.4 is 10.6 Å². The Morgan fingerprint density at radius 1 is 1.20 bits per heavy atom. The summed E-state index contributed by atoms with van der Waals surface area (Å²) in [5.74, 6) is 0.451. The van der Waals surface area contributed by atoms with Crippen molar-refractivity contribution in [2.75, 3.05) is 34.0 Å². The second-order valence-corrected chi connectivity index (χ2v) is 4.18. The Hall–Kier alpha value is -0.390. The lowest BCUT2D eigenvalue weighted by molar-refractivity contribution is 0.160. The highest BCUT2D eigenvalue weighted by atomic mass is 32.1. The molecule has 0 saturated heterocycles. The molecule has 2 N–H and O–H groups in total. The van der Waals surface area contributed by atoms with Gasteiger partial charge in [0.05, 0.1) is 13.2 Å². The van der Waals surface area contributed by atoms with Crippen LogP contribution in [-0.4, -0.2) is 45.1 Å². The third kappa shape index (κ3) is 8.59. The van der Waals surface area contributed by atoms with Gasteiger partial charge < -0.3 is 20.1 Å². The van der Waals surface area contributed by atoms with Crippen molar-refractivity contribution in [1.82, 2.24) is 10.6 Å². The Kier molecular flexibility index (Phi) is 8.65. The standard InChI is InChI=1S/C10H22N2O2S/c1-8(6-13-3)5-11-10(15)12-9(2)7-14-4/h8-9H,5-7H2,1-4H3,(H2,11,12,15). The van der Waals surface area contributed by atoms with Crippen LogP contribution in [0.4, 0.5) is 0 Å². The molecule has 0 aliphatic carbocycles. The van der Waals surface area contributed by atoms with Gasteiger partial charge in [0, 0.05) is 26.8 Å². The first-order valence-electron chi connectivity index (χ1n) is 5.12. The highest BCUT2D eigenvalue weighted by Crippen LogP contribution is 1.92. The van der Waals surface area contributed by atoms with E-state index in [0.717, 1.165) is 13.2 Å². The third-order valence-electron chi connectivity index (χ3n) is 1.86. The normalized spacial score (nSPS) is 14.4. The van der Waals surface area contributed by atoms with Crippen molar-refractivity contribution in [2.24, 2.45) is 5.92 Å². The van der Waals surface area contributed by atoms with Crippen LogP contribution in [0.25, 0.3) is 0 Å². The Balaban J connectivity index is 3.56. The molecule has 0 spiro atoms. The molecule has 15 heavy (non-hydrogen) atoms. The van der Waals surface area contributed by atoms with E-state index in [4.69, 9.17) is 21.7 Å². The van der Waals surface area contributed by atoms with Crippen molar-refractivity contribution in [3.05, 3.63) is 0 Å². The molecular weight excluding hydrogens is 212 g/mol. The van der Waals surface area contributed by atoms with Crippen LogP contribution in [0.1, 0.15) is 13.8 Å². The molecule has 0 bridgehead atoms. The van der Waals surface area contributed by atoms with Crippen molar-refractivity contribution < 1.29 is 9.47 Å². The van der Waals surface area contributed by atoms with Gasteiger partial charge in [-0.3, -0.25) is 0 Å². The minimum atomic E-state index is 0.229. The molecule has 4 nitrogen and oxygen atoms in total. The summed E-state index contributed by atoms with van der Waals surface area (Å²) < 4.78 is 10.0. The molecule has 0 radical (unpaired) electrons. The van der Waals surface area contributed by atoms with Gasteiger partial charge in [-0.1, -0.05) is 6.92 Å². The molecule has 0 heterocycles. The van der Waals surface area contributed by atoms with Crippen molar-refractivity contribution in [1.29, 1.82) is 0 Å². The SMILES string of the molecule is COCC(C)CNC(=S)NC(C)COC. The van der Waals surface area contributed by atoms with Crippen molar-refractivity contribution in [3.63, 3.8) is 0 Å². The minimum Gasteiger partial charge on any atom is -0.384 e. The quantitative estimate of drug-likeness (QED) is 0.637. The number of hydrogen-bond acceptors (Lipinski definition) is 3. The maximum absolute atomic E-state index is 5.13. The molecular formula is C10H22N2O2S. The summed E-state index contributed by atoms with van der Waals surface area (Å²) in [6, 6.07) is 0.229. The predicted octanol–water partition coefficient (Wildman–Crippen LogP) is 0.768. The summed E-state index contributed by atoms with van der Waals surface area (Å²) in [5.41, 5.74) is 0. The van der Waals surface area contributed by atoms with Gasteiger partial charge in [0.2, 0.25) is 0 Å². The number of methoxy groups -OCH3 is 2. The Morgan fingerprint density at radius 3 is 2.33 bits per heavy atom. The van der Waals surface area contributed by atoms with Crippen molar-refractivity contribution in [2.45, 2.75) is 19.9 Å². The number of nitrogens with one attached hydrogen (secondary N) is 2. The molecule has 0 aliphatic heterocycles. The minimum absolute atomic E-state index is 0.229. The zero-order valence-corrected chi connectivity index (χ0v) is 10.8. The summed E-state index contributed by atoms with van der Waals surface area (Å²) in [7, 11) is 3.38. The van der Waals surface area contributed by atoms with Gasteiger partial charge in [-0.2, -0.15) is 0 Å². The Bertz CT molecular complexity index is 179. The molecule has 0 aliphatic rings. The van der Waals surface area contributed by atoms with E-state index in [1.165, 1.54) is 0 Å². The van der Waals surface area contributed by atoms with Gasteiger partial charge >= 0.3 is 0 Å². The van der Waals surface area contributed by atoms with Crippen molar-refractivity contribution >= 4 is 17.3 Å². The fourth-order valence-corrected chi connectivity index (χ4v) is 1.46. The second-order valence-electron chi connectivity index (χ2n) is 3.77. The van der Waals surface area contributed by atoms with Crippen molar-refractivity contribution in [3.8, 4) is 0 Å². The number of hydrogen-bond donors (Lipinski definition) is 2. The first-order valence-corrected chi connectivity index (χ1v) is 5.53. The summed E-state index contributed by atoms with van der Waals surface area (Å²) >= 11 is 5.13. The number of rotatable bonds is 7. The molecule has 0 saturated carbocycles. The van der Waals surface area contributed by atoms with Crippen LogP contribution in [0, 0.1) is 5.92 Å². The maximum Gasteiger partial charge on any atom is 0.166 e. The lowest BCUT2D eigenvalue weighted by Crippen LogP contribution is -2.44. The van der Waals surface area contributed by atoms with Gasteiger partial charge in [0.25, 0.3) is 0 Å². The highest BCUT2D eigenvalue weighted by Gasteiger charge is 2.05. The molecule has 0 aromatic carbocycles. The fourth-order valence-electron chi connectivity index (χ4n) is 1.18. The first-order chi connectivity index (χ1) is 7.10. The molecule has 0 fully saturated rings. The van der Waals surface area contributed by atoms with E-state index in [1.54, 1.807) is 14.2 Å². The number of ether oxygens (including phenoxy) is 2. The smallest absolute Gasteiger partial charge is 0.166 e. The second kappa shape index (κ2) is 8.88. The Morgan fingerprint density at radius 2 is 1.80 bits per heavy atom. The average Bonchev–Trinajstić information content (AvgIpc) is 2.15. The maximum atomic E-state index is 5.13. The zero-order chi connectivity index (χ0) is 11.7. The van der Waals surface area contributed by atoms with E-state index < -0.39 is 0 Å². The van der Waals surface area contributed by atoms with E-state index in [1.807, 2.05) is 6.92 Å². The van der Waals surface area contributed by atoms with Crippen LogP contribution in [0.2, 0.25) is 0 Å². The van der Waals surface area contributed by atoms with E-state index in [0.29, 0.717) is 17.6 Å². The molecule has 0 aromatic heterocycles. The van der Waals surface area contributed by atoms with Gasteiger partial charge in [-0.05, 0) is 25.1 Å². The van der Waals surface area contributed by atoms with Crippen LogP contribution in [-0.2, 0) is 9.47 Å². The van der Waals surface area contributed by atoms with E-state index in [9.17, 15) is 0 Å². The summed E-state index contributed by atoms with van der Waals surface area (Å²) in [5, 5.41) is 6.94. The average molecular weight is 234 g/mol.